The maximum atomic E-state index is 12.4. The van der Waals surface area contributed by atoms with Gasteiger partial charge in [-0.1, -0.05) is 29.3 Å². The van der Waals surface area contributed by atoms with E-state index in [1.165, 1.54) is 6.33 Å². The molecule has 1 aliphatic heterocycles. The van der Waals surface area contributed by atoms with Crippen molar-refractivity contribution in [2.24, 2.45) is 0 Å². The molecule has 0 atom stereocenters. The quantitative estimate of drug-likeness (QED) is 0.919. The highest BCUT2D eigenvalue weighted by Crippen LogP contribution is 2.31. The second kappa shape index (κ2) is 7.12. The van der Waals surface area contributed by atoms with E-state index in [2.05, 4.69) is 15.3 Å². The number of carbonyl (C=O) groups is 1. The van der Waals surface area contributed by atoms with Crippen molar-refractivity contribution < 1.29 is 9.53 Å². The molecule has 0 bridgehead atoms. The van der Waals surface area contributed by atoms with Gasteiger partial charge in [-0.3, -0.25) is 4.79 Å². The molecule has 0 saturated carbocycles. The van der Waals surface area contributed by atoms with Crippen LogP contribution < -0.4 is 5.32 Å². The number of aromatic nitrogens is 2. The lowest BCUT2D eigenvalue weighted by molar-refractivity contribution is 0.0299. The first-order valence-electron chi connectivity index (χ1n) is 7.05. The summed E-state index contributed by atoms with van der Waals surface area (Å²) < 4.78 is 5.25. The number of hydrogen-bond acceptors (Lipinski definition) is 5. The molecule has 1 amide bonds. The summed E-state index contributed by atoms with van der Waals surface area (Å²) in [6.07, 6.45) is 1.34. The van der Waals surface area contributed by atoms with Gasteiger partial charge >= 0.3 is 0 Å². The monoisotopic (exact) mass is 352 g/mol. The Balaban J connectivity index is 1.79. The maximum absolute atomic E-state index is 12.4. The van der Waals surface area contributed by atoms with E-state index in [0.717, 1.165) is 0 Å². The molecule has 1 aromatic carbocycles. The third-order valence-electron chi connectivity index (χ3n) is 3.40. The number of nitrogens with one attached hydrogen (secondary N) is 1. The molecule has 0 aliphatic carbocycles. The van der Waals surface area contributed by atoms with E-state index in [-0.39, 0.29) is 5.91 Å². The molecule has 8 heteroatoms. The first kappa shape index (κ1) is 16.0. The molecule has 0 spiro atoms. The largest absolute Gasteiger partial charge is 0.378 e. The Kier molecular flexibility index (Phi) is 4.95. The predicted octanol–water partition coefficient (Wildman–Crippen LogP) is 3.00. The normalized spacial score (nSPS) is 14.6. The minimum absolute atomic E-state index is 0.143. The molecule has 1 aromatic heterocycles. The third-order valence-corrected chi connectivity index (χ3v) is 4.22. The number of morpholine rings is 1. The summed E-state index contributed by atoms with van der Waals surface area (Å²) in [5, 5.41) is 3.89. The Hall–Kier alpha value is -1.89. The molecule has 6 nitrogen and oxygen atoms in total. The average molecular weight is 353 g/mol. The zero-order valence-corrected chi connectivity index (χ0v) is 13.6. The summed E-state index contributed by atoms with van der Waals surface area (Å²) >= 11 is 12.1. The lowest BCUT2D eigenvalue weighted by Crippen LogP contribution is -2.41. The van der Waals surface area contributed by atoms with E-state index >= 15 is 0 Å². The van der Waals surface area contributed by atoms with Crippen LogP contribution in [-0.4, -0.2) is 47.1 Å². The van der Waals surface area contributed by atoms with E-state index in [1.807, 2.05) is 0 Å². The van der Waals surface area contributed by atoms with Crippen LogP contribution in [0.2, 0.25) is 10.0 Å². The van der Waals surface area contributed by atoms with Crippen LogP contribution in [-0.2, 0) is 4.74 Å². The smallest absolute Gasteiger partial charge is 0.272 e. The van der Waals surface area contributed by atoms with Crippen molar-refractivity contribution in [3.63, 3.8) is 0 Å². The van der Waals surface area contributed by atoms with Crippen molar-refractivity contribution in [3.8, 4) is 0 Å². The van der Waals surface area contributed by atoms with Crippen LogP contribution >= 0.6 is 23.2 Å². The molecule has 0 unspecified atom stereocenters. The van der Waals surface area contributed by atoms with Gasteiger partial charge in [-0.05, 0) is 12.1 Å². The SMILES string of the molecule is O=C(c1cc(Nc2cccc(Cl)c2Cl)ncn1)N1CCOCC1. The Morgan fingerprint density at radius 2 is 2.00 bits per heavy atom. The van der Waals surface area contributed by atoms with Gasteiger partial charge in [0.05, 0.1) is 28.9 Å². The van der Waals surface area contributed by atoms with Gasteiger partial charge in [0.2, 0.25) is 0 Å². The van der Waals surface area contributed by atoms with Crippen molar-refractivity contribution in [2.45, 2.75) is 0 Å². The van der Waals surface area contributed by atoms with Crippen LogP contribution in [0.25, 0.3) is 0 Å². The Morgan fingerprint density at radius 1 is 1.22 bits per heavy atom. The van der Waals surface area contributed by atoms with Gasteiger partial charge in [0.25, 0.3) is 5.91 Å². The molecule has 3 rings (SSSR count). The Labute approximate surface area is 143 Å². The standard InChI is InChI=1S/C15H14Cl2N4O2/c16-10-2-1-3-11(14(10)17)20-13-8-12(18-9-19-13)15(22)21-4-6-23-7-5-21/h1-3,8-9H,4-7H2,(H,18,19,20). The highest BCUT2D eigenvalue weighted by Gasteiger charge is 2.20. The van der Waals surface area contributed by atoms with E-state index in [4.69, 9.17) is 27.9 Å². The highest BCUT2D eigenvalue weighted by atomic mass is 35.5. The van der Waals surface area contributed by atoms with Crippen LogP contribution in [0, 0.1) is 0 Å². The van der Waals surface area contributed by atoms with E-state index in [0.29, 0.717) is 53.5 Å². The van der Waals surface area contributed by atoms with Crippen molar-refractivity contribution in [1.82, 2.24) is 14.9 Å². The predicted molar refractivity (Wildman–Crippen MR) is 88.5 cm³/mol. The topological polar surface area (TPSA) is 67.4 Å². The number of ether oxygens (including phenoxy) is 1. The molecule has 1 aliphatic rings. The number of carbonyl (C=O) groups excluding carboxylic acids is 1. The second-order valence-corrected chi connectivity index (χ2v) is 5.70. The van der Waals surface area contributed by atoms with Crippen molar-refractivity contribution in [1.29, 1.82) is 0 Å². The molecule has 1 N–H and O–H groups in total. The molecule has 1 saturated heterocycles. The average Bonchev–Trinajstić information content (AvgIpc) is 2.59. The number of anilines is 2. The molecule has 0 radical (unpaired) electrons. The van der Waals surface area contributed by atoms with Gasteiger partial charge in [-0.2, -0.15) is 0 Å². The maximum Gasteiger partial charge on any atom is 0.272 e. The first-order valence-corrected chi connectivity index (χ1v) is 7.81. The Bertz CT molecular complexity index is 720. The molecular weight excluding hydrogens is 339 g/mol. The molecule has 120 valence electrons. The van der Waals surface area contributed by atoms with Crippen LogP contribution in [0.3, 0.4) is 0 Å². The van der Waals surface area contributed by atoms with Crippen molar-refractivity contribution in [3.05, 3.63) is 46.3 Å². The molecule has 2 heterocycles. The summed E-state index contributed by atoms with van der Waals surface area (Å²) in [6.45, 7) is 2.21. The van der Waals surface area contributed by atoms with E-state index in [1.54, 1.807) is 29.2 Å². The zero-order valence-electron chi connectivity index (χ0n) is 12.1. The number of benzene rings is 1. The van der Waals surface area contributed by atoms with Crippen LogP contribution in [0.5, 0.6) is 0 Å². The molecule has 1 fully saturated rings. The Morgan fingerprint density at radius 3 is 2.78 bits per heavy atom. The number of amides is 1. The summed E-state index contributed by atoms with van der Waals surface area (Å²) in [5.74, 6) is 0.330. The fourth-order valence-corrected chi connectivity index (χ4v) is 2.56. The van der Waals surface area contributed by atoms with E-state index < -0.39 is 0 Å². The van der Waals surface area contributed by atoms with Crippen LogP contribution in [0.4, 0.5) is 11.5 Å². The van der Waals surface area contributed by atoms with E-state index in [9.17, 15) is 4.79 Å². The molecule has 2 aromatic rings. The van der Waals surface area contributed by atoms with Gasteiger partial charge < -0.3 is 15.0 Å². The minimum atomic E-state index is -0.143. The number of nitrogens with zero attached hydrogens (tertiary/aromatic N) is 3. The van der Waals surface area contributed by atoms with Crippen LogP contribution in [0.15, 0.2) is 30.6 Å². The fraction of sp³-hybridized carbons (Fsp3) is 0.267. The van der Waals surface area contributed by atoms with Gasteiger partial charge in [0.1, 0.15) is 17.8 Å². The summed E-state index contributed by atoms with van der Waals surface area (Å²) in [5.41, 5.74) is 0.935. The van der Waals surface area contributed by atoms with Gasteiger partial charge in [0.15, 0.2) is 0 Å². The van der Waals surface area contributed by atoms with Crippen molar-refractivity contribution >= 4 is 40.6 Å². The molecule has 23 heavy (non-hydrogen) atoms. The second-order valence-electron chi connectivity index (χ2n) is 4.92. The van der Waals surface area contributed by atoms with Crippen molar-refractivity contribution in [2.75, 3.05) is 31.6 Å². The van der Waals surface area contributed by atoms with Crippen LogP contribution in [0.1, 0.15) is 10.5 Å². The highest BCUT2D eigenvalue weighted by molar-refractivity contribution is 6.43. The summed E-state index contributed by atoms with van der Waals surface area (Å²) in [6, 6.07) is 6.84. The van der Waals surface area contributed by atoms with Gasteiger partial charge in [-0.25, -0.2) is 9.97 Å². The number of halogens is 2. The van der Waals surface area contributed by atoms with Gasteiger partial charge in [0, 0.05) is 19.2 Å². The molecular formula is C15H14Cl2N4O2. The van der Waals surface area contributed by atoms with Gasteiger partial charge in [-0.15, -0.1) is 0 Å². The summed E-state index contributed by atoms with van der Waals surface area (Å²) in [7, 11) is 0. The lowest BCUT2D eigenvalue weighted by Gasteiger charge is -2.26. The third kappa shape index (κ3) is 3.72. The summed E-state index contributed by atoms with van der Waals surface area (Å²) in [4.78, 5) is 22.3. The number of rotatable bonds is 3. The number of hydrogen-bond donors (Lipinski definition) is 1. The lowest BCUT2D eigenvalue weighted by atomic mass is 10.3. The zero-order chi connectivity index (χ0) is 16.2. The first-order chi connectivity index (χ1) is 11.1. The minimum Gasteiger partial charge on any atom is -0.378 e. The fourth-order valence-electron chi connectivity index (χ4n) is 2.21.